The second kappa shape index (κ2) is 6.44. The molecule has 0 spiro atoms. The first kappa shape index (κ1) is 15.1. The fourth-order valence-electron chi connectivity index (χ4n) is 3.64. The molecule has 19 heavy (non-hydrogen) atoms. The summed E-state index contributed by atoms with van der Waals surface area (Å²) in [6, 6.07) is 0.152. The van der Waals surface area contributed by atoms with E-state index in [1.807, 2.05) is 0 Å². The Hall–Kier alpha value is -0.290. The van der Waals surface area contributed by atoms with Gasteiger partial charge in [-0.15, -0.1) is 0 Å². The Kier molecular flexibility index (Phi) is 5.12. The van der Waals surface area contributed by atoms with Gasteiger partial charge in [0, 0.05) is 6.04 Å². The highest BCUT2D eigenvalue weighted by atomic mass is 19.4. The Labute approximate surface area is 113 Å². The lowest BCUT2D eigenvalue weighted by Gasteiger charge is -2.41. The molecular weight excluding hydrogens is 253 g/mol. The first-order valence-electron chi connectivity index (χ1n) is 7.51. The Bertz CT molecular complexity index is 272. The molecule has 2 aliphatic rings. The number of rotatable bonds is 3. The first-order valence-corrected chi connectivity index (χ1v) is 7.51. The number of nitrogens with zero attached hydrogens (tertiary/aromatic N) is 1. The van der Waals surface area contributed by atoms with Gasteiger partial charge in [-0.05, 0) is 64.1 Å². The molecule has 2 fully saturated rings. The average Bonchev–Trinajstić information content (AvgIpc) is 2.39. The van der Waals surface area contributed by atoms with Gasteiger partial charge in [-0.1, -0.05) is 6.42 Å². The first-order chi connectivity index (χ1) is 9.00. The van der Waals surface area contributed by atoms with Crippen LogP contribution in [0.3, 0.4) is 0 Å². The van der Waals surface area contributed by atoms with Crippen molar-refractivity contribution in [3.05, 3.63) is 0 Å². The summed E-state index contributed by atoms with van der Waals surface area (Å²) in [4.78, 5) is 2.30. The van der Waals surface area contributed by atoms with Crippen LogP contribution in [-0.4, -0.2) is 36.8 Å². The number of hydrogen-bond donors (Lipinski definition) is 1. The number of piperidine rings is 1. The van der Waals surface area contributed by atoms with E-state index in [0.717, 1.165) is 51.7 Å². The van der Waals surface area contributed by atoms with Crippen molar-refractivity contribution < 1.29 is 13.2 Å². The van der Waals surface area contributed by atoms with E-state index in [4.69, 9.17) is 5.73 Å². The number of alkyl halides is 3. The van der Waals surface area contributed by atoms with E-state index in [1.54, 1.807) is 0 Å². The summed E-state index contributed by atoms with van der Waals surface area (Å²) in [6.07, 6.45) is 1.55. The number of halogens is 3. The van der Waals surface area contributed by atoms with E-state index in [0.29, 0.717) is 18.8 Å². The van der Waals surface area contributed by atoms with Gasteiger partial charge in [0.05, 0.1) is 5.92 Å². The summed E-state index contributed by atoms with van der Waals surface area (Å²) in [7, 11) is 0. The monoisotopic (exact) mass is 278 g/mol. The molecule has 0 aromatic rings. The van der Waals surface area contributed by atoms with Gasteiger partial charge in [0.2, 0.25) is 0 Å². The largest absolute Gasteiger partial charge is 0.391 e. The van der Waals surface area contributed by atoms with Gasteiger partial charge >= 0.3 is 6.18 Å². The standard InChI is InChI=1S/C14H25F3N2/c15-14(16,17)12-2-1-3-13(10-12)19-8-5-11(4-7-18)6-9-19/h11-13H,1-10,18H2. The van der Waals surface area contributed by atoms with E-state index in [1.165, 1.54) is 0 Å². The van der Waals surface area contributed by atoms with Gasteiger partial charge in [0.1, 0.15) is 0 Å². The molecule has 1 aliphatic heterocycles. The Balaban J connectivity index is 1.82. The lowest BCUT2D eigenvalue weighted by molar-refractivity contribution is -0.187. The summed E-state index contributed by atoms with van der Waals surface area (Å²) >= 11 is 0. The molecule has 1 saturated carbocycles. The van der Waals surface area contributed by atoms with Crippen LogP contribution in [0.4, 0.5) is 13.2 Å². The van der Waals surface area contributed by atoms with Crippen LogP contribution in [0.5, 0.6) is 0 Å². The highest BCUT2D eigenvalue weighted by Crippen LogP contribution is 2.39. The van der Waals surface area contributed by atoms with Crippen LogP contribution < -0.4 is 5.73 Å². The predicted molar refractivity (Wildman–Crippen MR) is 69.8 cm³/mol. The van der Waals surface area contributed by atoms with Crippen molar-refractivity contribution in [3.63, 3.8) is 0 Å². The minimum absolute atomic E-state index is 0.152. The van der Waals surface area contributed by atoms with Crippen molar-refractivity contribution in [2.24, 2.45) is 17.6 Å². The number of likely N-dealkylation sites (tertiary alicyclic amines) is 1. The molecule has 2 nitrogen and oxygen atoms in total. The molecule has 0 aromatic carbocycles. The smallest absolute Gasteiger partial charge is 0.330 e. The van der Waals surface area contributed by atoms with Crippen molar-refractivity contribution in [3.8, 4) is 0 Å². The van der Waals surface area contributed by atoms with Crippen LogP contribution in [0.1, 0.15) is 44.9 Å². The molecule has 1 saturated heterocycles. The van der Waals surface area contributed by atoms with Crippen molar-refractivity contribution >= 4 is 0 Å². The lowest BCUT2D eigenvalue weighted by Crippen LogP contribution is -2.45. The van der Waals surface area contributed by atoms with Crippen LogP contribution >= 0.6 is 0 Å². The Morgan fingerprint density at radius 3 is 2.32 bits per heavy atom. The number of nitrogens with two attached hydrogens (primary N) is 1. The molecule has 2 atom stereocenters. The van der Waals surface area contributed by atoms with Gasteiger partial charge in [0.25, 0.3) is 0 Å². The van der Waals surface area contributed by atoms with E-state index in [2.05, 4.69) is 4.90 Å². The minimum Gasteiger partial charge on any atom is -0.330 e. The fourth-order valence-corrected chi connectivity index (χ4v) is 3.64. The predicted octanol–water partition coefficient (Wildman–Crippen LogP) is 3.17. The van der Waals surface area contributed by atoms with E-state index in [9.17, 15) is 13.2 Å². The summed E-state index contributed by atoms with van der Waals surface area (Å²) < 4.78 is 38.4. The maximum atomic E-state index is 12.8. The fraction of sp³-hybridized carbons (Fsp3) is 1.00. The van der Waals surface area contributed by atoms with Crippen LogP contribution in [0.15, 0.2) is 0 Å². The zero-order valence-corrected chi connectivity index (χ0v) is 11.5. The summed E-state index contributed by atoms with van der Waals surface area (Å²) in [5, 5.41) is 0. The van der Waals surface area contributed by atoms with Gasteiger partial charge < -0.3 is 10.6 Å². The third-order valence-corrected chi connectivity index (χ3v) is 4.85. The normalized spacial score (nSPS) is 31.6. The lowest BCUT2D eigenvalue weighted by atomic mass is 9.83. The second-order valence-electron chi connectivity index (χ2n) is 6.12. The molecule has 2 N–H and O–H groups in total. The maximum absolute atomic E-state index is 12.8. The zero-order chi connectivity index (χ0) is 13.9. The quantitative estimate of drug-likeness (QED) is 0.859. The zero-order valence-electron chi connectivity index (χ0n) is 11.5. The van der Waals surface area contributed by atoms with Gasteiger partial charge in [-0.25, -0.2) is 0 Å². The highest BCUT2D eigenvalue weighted by molar-refractivity contribution is 4.86. The van der Waals surface area contributed by atoms with Crippen molar-refractivity contribution in [1.29, 1.82) is 0 Å². The molecule has 0 amide bonds. The summed E-state index contributed by atoms with van der Waals surface area (Å²) in [6.45, 7) is 2.64. The molecule has 0 aromatic heterocycles. The van der Waals surface area contributed by atoms with E-state index >= 15 is 0 Å². The van der Waals surface area contributed by atoms with Crippen LogP contribution in [0.2, 0.25) is 0 Å². The summed E-state index contributed by atoms with van der Waals surface area (Å²) in [5.74, 6) is -0.392. The average molecular weight is 278 g/mol. The van der Waals surface area contributed by atoms with Gasteiger partial charge in [-0.3, -0.25) is 0 Å². The van der Waals surface area contributed by atoms with Crippen LogP contribution in [0.25, 0.3) is 0 Å². The SMILES string of the molecule is NCCC1CCN(C2CCCC(C(F)(F)F)C2)CC1. The molecule has 2 unspecified atom stereocenters. The molecule has 2 rings (SSSR count). The van der Waals surface area contributed by atoms with Crippen LogP contribution in [-0.2, 0) is 0 Å². The molecule has 0 bridgehead atoms. The van der Waals surface area contributed by atoms with Gasteiger partial charge in [-0.2, -0.15) is 13.2 Å². The maximum Gasteiger partial charge on any atom is 0.391 e. The summed E-state index contributed by atoms with van der Waals surface area (Å²) in [5.41, 5.74) is 5.56. The molecule has 5 heteroatoms. The molecule has 0 radical (unpaired) electrons. The van der Waals surface area contributed by atoms with Crippen molar-refractivity contribution in [1.82, 2.24) is 4.90 Å². The Morgan fingerprint density at radius 1 is 1.05 bits per heavy atom. The topological polar surface area (TPSA) is 29.3 Å². The van der Waals surface area contributed by atoms with Crippen molar-refractivity contribution in [2.45, 2.75) is 57.2 Å². The molecule has 1 heterocycles. The second-order valence-corrected chi connectivity index (χ2v) is 6.12. The molecular formula is C14H25F3N2. The van der Waals surface area contributed by atoms with Crippen LogP contribution in [0, 0.1) is 11.8 Å². The third-order valence-electron chi connectivity index (χ3n) is 4.85. The Morgan fingerprint density at radius 2 is 1.74 bits per heavy atom. The van der Waals surface area contributed by atoms with E-state index in [-0.39, 0.29) is 6.04 Å². The van der Waals surface area contributed by atoms with E-state index < -0.39 is 12.1 Å². The third kappa shape index (κ3) is 4.09. The van der Waals surface area contributed by atoms with Crippen molar-refractivity contribution in [2.75, 3.05) is 19.6 Å². The number of hydrogen-bond acceptors (Lipinski definition) is 2. The molecule has 1 aliphatic carbocycles. The minimum atomic E-state index is -4.00. The molecule has 112 valence electrons. The highest BCUT2D eigenvalue weighted by Gasteiger charge is 2.43. The van der Waals surface area contributed by atoms with Gasteiger partial charge in [0.15, 0.2) is 0 Å².